The van der Waals surface area contributed by atoms with Crippen LogP contribution in [0.1, 0.15) is 41.7 Å². The van der Waals surface area contributed by atoms with Crippen molar-refractivity contribution >= 4 is 11.6 Å². The van der Waals surface area contributed by atoms with Crippen molar-refractivity contribution in [1.29, 1.82) is 0 Å². The molecule has 4 heteroatoms. The van der Waals surface area contributed by atoms with Crippen molar-refractivity contribution < 1.29 is 4.79 Å². The highest BCUT2D eigenvalue weighted by molar-refractivity contribution is 5.92. The van der Waals surface area contributed by atoms with Gasteiger partial charge in [0.1, 0.15) is 5.69 Å². The first kappa shape index (κ1) is 17.1. The van der Waals surface area contributed by atoms with Crippen LogP contribution >= 0.6 is 0 Å². The molecule has 2 aliphatic rings. The minimum atomic E-state index is 0.0798. The number of anilines is 1. The third kappa shape index (κ3) is 3.90. The first-order valence-corrected chi connectivity index (χ1v) is 9.84. The number of amides is 1. The molecule has 0 bridgehead atoms. The number of rotatable bonds is 4. The number of pyridine rings is 1. The zero-order valence-corrected chi connectivity index (χ0v) is 15.3. The fraction of sp³-hybridized carbons (Fsp3) is 0.455. The van der Waals surface area contributed by atoms with Crippen LogP contribution in [0.4, 0.5) is 5.69 Å². The number of nitrogens with zero attached hydrogens (tertiary/aromatic N) is 3. The van der Waals surface area contributed by atoms with E-state index in [1.165, 1.54) is 18.4 Å². The van der Waals surface area contributed by atoms with Crippen molar-refractivity contribution in [2.75, 3.05) is 31.1 Å². The summed E-state index contributed by atoms with van der Waals surface area (Å²) < 4.78 is 0. The molecule has 0 radical (unpaired) electrons. The Hall–Kier alpha value is -2.36. The van der Waals surface area contributed by atoms with Gasteiger partial charge >= 0.3 is 0 Å². The lowest BCUT2D eigenvalue weighted by molar-refractivity contribution is 0.0684. The lowest BCUT2D eigenvalue weighted by atomic mass is 9.90. The van der Waals surface area contributed by atoms with Crippen LogP contribution in [-0.4, -0.2) is 42.0 Å². The Morgan fingerprint density at radius 2 is 1.69 bits per heavy atom. The molecule has 0 saturated carbocycles. The highest BCUT2D eigenvalue weighted by atomic mass is 16.2. The Bertz CT molecular complexity index is 715. The molecule has 0 atom stereocenters. The second kappa shape index (κ2) is 7.90. The monoisotopic (exact) mass is 349 g/mol. The van der Waals surface area contributed by atoms with Crippen molar-refractivity contribution in [3.8, 4) is 0 Å². The second-order valence-electron chi connectivity index (χ2n) is 7.52. The summed E-state index contributed by atoms with van der Waals surface area (Å²) in [5.41, 5.74) is 3.12. The van der Waals surface area contributed by atoms with Crippen molar-refractivity contribution in [1.82, 2.24) is 9.88 Å². The zero-order valence-electron chi connectivity index (χ0n) is 15.3. The van der Waals surface area contributed by atoms with E-state index in [0.29, 0.717) is 11.6 Å². The third-order valence-corrected chi connectivity index (χ3v) is 5.71. The van der Waals surface area contributed by atoms with Crippen LogP contribution in [0, 0.1) is 5.92 Å². The minimum Gasteiger partial charge on any atom is -0.370 e. The van der Waals surface area contributed by atoms with E-state index in [2.05, 4.69) is 40.2 Å². The summed E-state index contributed by atoms with van der Waals surface area (Å²) in [6, 6.07) is 14.6. The number of benzene rings is 1. The number of aromatic nitrogens is 1. The first-order valence-electron chi connectivity index (χ1n) is 9.84. The van der Waals surface area contributed by atoms with Gasteiger partial charge in [-0.05, 0) is 55.7 Å². The maximum Gasteiger partial charge on any atom is 0.272 e. The van der Waals surface area contributed by atoms with E-state index in [1.807, 2.05) is 23.2 Å². The molecule has 1 aromatic carbocycles. The van der Waals surface area contributed by atoms with E-state index in [0.717, 1.165) is 51.1 Å². The van der Waals surface area contributed by atoms with Gasteiger partial charge in [0.2, 0.25) is 0 Å². The lowest BCUT2D eigenvalue weighted by Crippen LogP contribution is -2.39. The summed E-state index contributed by atoms with van der Waals surface area (Å²) in [7, 11) is 0. The fourth-order valence-corrected chi connectivity index (χ4v) is 4.12. The molecule has 4 rings (SSSR count). The van der Waals surface area contributed by atoms with Gasteiger partial charge in [-0.25, -0.2) is 4.98 Å². The Labute approximate surface area is 155 Å². The largest absolute Gasteiger partial charge is 0.370 e. The van der Waals surface area contributed by atoms with E-state index < -0.39 is 0 Å². The Morgan fingerprint density at radius 1 is 0.962 bits per heavy atom. The van der Waals surface area contributed by atoms with E-state index in [1.54, 1.807) is 0 Å². The standard InChI is InChI=1S/C22H27N3O/c26-22(21-9-8-20(17-23-21)24-12-4-5-13-24)25-14-10-19(11-15-25)16-18-6-2-1-3-7-18/h1-3,6-9,17,19H,4-5,10-16H2. The zero-order chi connectivity index (χ0) is 17.8. The Kier molecular flexibility index (Phi) is 5.19. The summed E-state index contributed by atoms with van der Waals surface area (Å²) in [4.78, 5) is 21.5. The third-order valence-electron chi connectivity index (χ3n) is 5.71. The highest BCUT2D eigenvalue weighted by Crippen LogP contribution is 2.23. The molecule has 136 valence electrons. The van der Waals surface area contributed by atoms with Crippen LogP contribution in [0.3, 0.4) is 0 Å². The van der Waals surface area contributed by atoms with Gasteiger partial charge in [0.05, 0.1) is 11.9 Å². The molecule has 2 saturated heterocycles. The maximum atomic E-state index is 12.7. The van der Waals surface area contributed by atoms with Gasteiger partial charge in [-0.2, -0.15) is 0 Å². The molecule has 0 spiro atoms. The fourth-order valence-electron chi connectivity index (χ4n) is 4.12. The van der Waals surface area contributed by atoms with Gasteiger partial charge in [-0.3, -0.25) is 4.79 Å². The van der Waals surface area contributed by atoms with E-state index >= 15 is 0 Å². The number of likely N-dealkylation sites (tertiary alicyclic amines) is 1. The summed E-state index contributed by atoms with van der Waals surface area (Å²) in [6.07, 6.45) is 7.63. The van der Waals surface area contributed by atoms with Gasteiger partial charge in [-0.1, -0.05) is 30.3 Å². The van der Waals surface area contributed by atoms with Crippen LogP contribution in [0.15, 0.2) is 48.7 Å². The summed E-state index contributed by atoms with van der Waals surface area (Å²) >= 11 is 0. The summed E-state index contributed by atoms with van der Waals surface area (Å²) in [6.45, 7) is 3.88. The predicted molar refractivity (Wildman–Crippen MR) is 104 cm³/mol. The summed E-state index contributed by atoms with van der Waals surface area (Å²) in [5, 5.41) is 0. The molecule has 2 fully saturated rings. The molecular formula is C22H27N3O. The number of hydrogen-bond acceptors (Lipinski definition) is 3. The predicted octanol–water partition coefficient (Wildman–Crippen LogP) is 3.78. The van der Waals surface area contributed by atoms with Crippen LogP contribution in [0.25, 0.3) is 0 Å². The Balaban J connectivity index is 1.31. The molecule has 0 N–H and O–H groups in total. The van der Waals surface area contributed by atoms with Crippen LogP contribution in [0.5, 0.6) is 0 Å². The number of carbonyl (C=O) groups is 1. The molecule has 0 unspecified atom stereocenters. The number of piperidine rings is 1. The van der Waals surface area contributed by atoms with Crippen LogP contribution < -0.4 is 4.90 Å². The number of carbonyl (C=O) groups excluding carboxylic acids is 1. The van der Waals surface area contributed by atoms with Crippen LogP contribution in [0.2, 0.25) is 0 Å². The molecule has 1 amide bonds. The quantitative estimate of drug-likeness (QED) is 0.843. The van der Waals surface area contributed by atoms with Crippen molar-refractivity contribution in [3.05, 3.63) is 59.9 Å². The normalized spacial score (nSPS) is 18.3. The first-order chi connectivity index (χ1) is 12.8. The maximum absolute atomic E-state index is 12.7. The second-order valence-corrected chi connectivity index (χ2v) is 7.52. The average Bonchev–Trinajstić information content (AvgIpc) is 3.24. The minimum absolute atomic E-state index is 0.0798. The van der Waals surface area contributed by atoms with Crippen molar-refractivity contribution in [3.63, 3.8) is 0 Å². The Morgan fingerprint density at radius 3 is 2.35 bits per heavy atom. The molecule has 3 heterocycles. The van der Waals surface area contributed by atoms with Gasteiger partial charge < -0.3 is 9.80 Å². The van der Waals surface area contributed by atoms with Crippen molar-refractivity contribution in [2.45, 2.75) is 32.1 Å². The van der Waals surface area contributed by atoms with Crippen molar-refractivity contribution in [2.24, 2.45) is 5.92 Å². The molecule has 2 aliphatic heterocycles. The van der Waals surface area contributed by atoms with Crippen LogP contribution in [-0.2, 0) is 6.42 Å². The summed E-state index contributed by atoms with van der Waals surface area (Å²) in [5.74, 6) is 0.753. The van der Waals surface area contributed by atoms with E-state index in [9.17, 15) is 4.79 Å². The lowest BCUT2D eigenvalue weighted by Gasteiger charge is -2.32. The molecule has 4 nitrogen and oxygen atoms in total. The molecule has 2 aromatic rings. The highest BCUT2D eigenvalue weighted by Gasteiger charge is 2.24. The molecule has 0 aliphatic carbocycles. The van der Waals surface area contributed by atoms with Gasteiger partial charge in [-0.15, -0.1) is 0 Å². The van der Waals surface area contributed by atoms with Gasteiger partial charge in [0.25, 0.3) is 5.91 Å². The number of hydrogen-bond donors (Lipinski definition) is 0. The van der Waals surface area contributed by atoms with E-state index in [4.69, 9.17) is 0 Å². The average molecular weight is 349 g/mol. The van der Waals surface area contributed by atoms with Gasteiger partial charge in [0.15, 0.2) is 0 Å². The topological polar surface area (TPSA) is 36.4 Å². The van der Waals surface area contributed by atoms with Gasteiger partial charge in [0, 0.05) is 26.2 Å². The SMILES string of the molecule is O=C(c1ccc(N2CCCC2)cn1)N1CCC(Cc2ccccc2)CC1. The molecule has 26 heavy (non-hydrogen) atoms. The molecular weight excluding hydrogens is 322 g/mol. The molecule has 1 aromatic heterocycles. The smallest absolute Gasteiger partial charge is 0.272 e. The van der Waals surface area contributed by atoms with E-state index in [-0.39, 0.29) is 5.91 Å².